The molecule has 0 aliphatic heterocycles. The first-order chi connectivity index (χ1) is 5.96. The number of carbonyl (C=O) groups is 2. The predicted molar refractivity (Wildman–Crippen MR) is 41.0 cm³/mol. The largest absolute Gasteiger partial charge is 0.479 e. The van der Waals surface area contributed by atoms with Gasteiger partial charge in [-0.1, -0.05) is 12.2 Å². The molecule has 0 spiro atoms. The van der Waals surface area contributed by atoms with Crippen molar-refractivity contribution >= 4 is 11.9 Å². The van der Waals surface area contributed by atoms with Crippen molar-refractivity contribution in [3.05, 3.63) is 23.8 Å². The SMILES string of the molecule is O=C(O)C1=CC=CC(F)(C(=O)O)C1. The Morgan fingerprint density at radius 2 is 2.08 bits per heavy atom. The standard InChI is InChI=1S/C8H7FO4/c9-8(7(12)13)3-1-2-5(4-8)6(10)11/h1-3H,4H2,(H,10,11)(H,12,13). The summed E-state index contributed by atoms with van der Waals surface area (Å²) < 4.78 is 13.3. The number of hydrogen-bond acceptors (Lipinski definition) is 2. The lowest BCUT2D eigenvalue weighted by molar-refractivity contribution is -0.147. The first kappa shape index (κ1) is 9.44. The van der Waals surface area contributed by atoms with Crippen LogP contribution in [0.3, 0.4) is 0 Å². The Morgan fingerprint density at radius 1 is 1.46 bits per heavy atom. The number of halogens is 1. The minimum Gasteiger partial charge on any atom is -0.479 e. The molecule has 1 atom stereocenters. The van der Waals surface area contributed by atoms with Crippen LogP contribution in [-0.2, 0) is 9.59 Å². The molecule has 4 nitrogen and oxygen atoms in total. The molecule has 1 aliphatic carbocycles. The molecule has 0 saturated carbocycles. The molecule has 13 heavy (non-hydrogen) atoms. The Hall–Kier alpha value is -1.65. The number of alkyl halides is 1. The lowest BCUT2D eigenvalue weighted by atomic mass is 9.91. The van der Waals surface area contributed by atoms with E-state index in [-0.39, 0.29) is 5.57 Å². The predicted octanol–water partition coefficient (Wildman–Crippen LogP) is 0.750. The summed E-state index contributed by atoms with van der Waals surface area (Å²) in [5, 5.41) is 16.9. The molecule has 0 bridgehead atoms. The molecule has 0 radical (unpaired) electrons. The van der Waals surface area contributed by atoms with Crippen LogP contribution in [0.15, 0.2) is 23.8 Å². The Morgan fingerprint density at radius 3 is 2.54 bits per heavy atom. The third-order valence-corrected chi connectivity index (χ3v) is 1.74. The molecule has 0 amide bonds. The lowest BCUT2D eigenvalue weighted by Gasteiger charge is -2.19. The maximum atomic E-state index is 13.3. The van der Waals surface area contributed by atoms with E-state index in [1.165, 1.54) is 6.08 Å². The molecule has 0 fully saturated rings. The van der Waals surface area contributed by atoms with Crippen LogP contribution in [0, 0.1) is 0 Å². The smallest absolute Gasteiger partial charge is 0.345 e. The molecular formula is C8H7FO4. The highest BCUT2D eigenvalue weighted by atomic mass is 19.1. The van der Waals surface area contributed by atoms with Gasteiger partial charge in [0, 0.05) is 12.0 Å². The Bertz CT molecular complexity index is 318. The third-order valence-electron chi connectivity index (χ3n) is 1.74. The van der Waals surface area contributed by atoms with Crippen molar-refractivity contribution in [2.75, 3.05) is 0 Å². The summed E-state index contributed by atoms with van der Waals surface area (Å²) in [6.45, 7) is 0. The van der Waals surface area contributed by atoms with Gasteiger partial charge in [-0.25, -0.2) is 14.0 Å². The molecule has 5 heteroatoms. The zero-order chi connectivity index (χ0) is 10.1. The number of hydrogen-bond donors (Lipinski definition) is 2. The van der Waals surface area contributed by atoms with Gasteiger partial charge in [-0.2, -0.15) is 0 Å². The Kier molecular flexibility index (Phi) is 2.18. The molecule has 0 heterocycles. The van der Waals surface area contributed by atoms with Crippen molar-refractivity contribution in [3.63, 3.8) is 0 Å². The zero-order valence-corrected chi connectivity index (χ0v) is 6.53. The van der Waals surface area contributed by atoms with Crippen molar-refractivity contribution in [2.24, 2.45) is 0 Å². The summed E-state index contributed by atoms with van der Waals surface area (Å²) in [6, 6.07) is 0. The van der Waals surface area contributed by atoms with E-state index >= 15 is 0 Å². The van der Waals surface area contributed by atoms with Crippen molar-refractivity contribution in [1.29, 1.82) is 0 Å². The third kappa shape index (κ3) is 1.74. The van der Waals surface area contributed by atoms with Crippen LogP contribution in [-0.4, -0.2) is 27.8 Å². The molecule has 1 aliphatic rings. The topological polar surface area (TPSA) is 74.6 Å². The summed E-state index contributed by atoms with van der Waals surface area (Å²) >= 11 is 0. The average molecular weight is 186 g/mol. The van der Waals surface area contributed by atoms with Gasteiger partial charge in [-0.05, 0) is 6.08 Å². The van der Waals surface area contributed by atoms with E-state index in [0.29, 0.717) is 0 Å². The van der Waals surface area contributed by atoms with Crippen LogP contribution in [0.5, 0.6) is 0 Å². The van der Waals surface area contributed by atoms with Crippen LogP contribution in [0.4, 0.5) is 4.39 Å². The second-order valence-corrected chi connectivity index (χ2v) is 2.70. The quantitative estimate of drug-likeness (QED) is 0.667. The zero-order valence-electron chi connectivity index (χ0n) is 6.53. The van der Waals surface area contributed by atoms with Gasteiger partial charge in [0.2, 0.25) is 5.67 Å². The summed E-state index contributed by atoms with van der Waals surface area (Å²) in [4.78, 5) is 20.8. The normalized spacial score (nSPS) is 26.7. The maximum absolute atomic E-state index is 13.3. The summed E-state index contributed by atoms with van der Waals surface area (Å²) in [6.07, 6.45) is 2.49. The average Bonchev–Trinajstić information content (AvgIpc) is 2.04. The number of allylic oxidation sites excluding steroid dienone is 2. The van der Waals surface area contributed by atoms with Gasteiger partial charge >= 0.3 is 11.9 Å². The lowest BCUT2D eigenvalue weighted by Crippen LogP contribution is -2.34. The first-order valence-electron chi connectivity index (χ1n) is 3.50. The van der Waals surface area contributed by atoms with Gasteiger partial charge in [-0.3, -0.25) is 0 Å². The fourth-order valence-corrected chi connectivity index (χ4v) is 1.01. The van der Waals surface area contributed by atoms with Gasteiger partial charge in [-0.15, -0.1) is 0 Å². The van der Waals surface area contributed by atoms with Crippen molar-refractivity contribution < 1.29 is 24.2 Å². The minimum atomic E-state index is -2.58. The van der Waals surface area contributed by atoms with E-state index in [1.807, 2.05) is 0 Å². The van der Waals surface area contributed by atoms with Gasteiger partial charge in [0.1, 0.15) is 0 Å². The molecule has 1 unspecified atom stereocenters. The number of carboxylic acids is 2. The summed E-state index contributed by atoms with van der Waals surface area (Å²) in [5.41, 5.74) is -2.82. The fourth-order valence-electron chi connectivity index (χ4n) is 1.01. The molecule has 1 rings (SSSR count). The molecule has 70 valence electrons. The maximum Gasteiger partial charge on any atom is 0.345 e. The monoisotopic (exact) mass is 186 g/mol. The molecule has 0 aromatic rings. The molecule has 0 aromatic heterocycles. The first-order valence-corrected chi connectivity index (χ1v) is 3.50. The van der Waals surface area contributed by atoms with E-state index in [0.717, 1.165) is 12.2 Å². The van der Waals surface area contributed by atoms with Crippen molar-refractivity contribution in [2.45, 2.75) is 12.1 Å². The van der Waals surface area contributed by atoms with Crippen LogP contribution < -0.4 is 0 Å². The van der Waals surface area contributed by atoms with Crippen LogP contribution in [0.2, 0.25) is 0 Å². The Balaban J connectivity index is 2.92. The molecule has 0 aromatic carbocycles. The van der Waals surface area contributed by atoms with Gasteiger partial charge in [0.15, 0.2) is 0 Å². The number of carboxylic acid groups (broad SMARTS) is 2. The summed E-state index contributed by atoms with van der Waals surface area (Å²) in [7, 11) is 0. The van der Waals surface area contributed by atoms with E-state index in [4.69, 9.17) is 10.2 Å². The van der Waals surface area contributed by atoms with Crippen molar-refractivity contribution in [3.8, 4) is 0 Å². The van der Waals surface area contributed by atoms with Crippen LogP contribution >= 0.6 is 0 Å². The fraction of sp³-hybridized carbons (Fsp3) is 0.250. The Labute approximate surface area is 73.0 Å². The highest BCUT2D eigenvalue weighted by Crippen LogP contribution is 2.27. The number of rotatable bonds is 2. The van der Waals surface area contributed by atoms with E-state index in [1.54, 1.807) is 0 Å². The van der Waals surface area contributed by atoms with Gasteiger partial charge in [0.25, 0.3) is 0 Å². The minimum absolute atomic E-state index is 0.243. The summed E-state index contributed by atoms with van der Waals surface area (Å²) in [5.74, 6) is -2.97. The van der Waals surface area contributed by atoms with Crippen molar-refractivity contribution in [1.82, 2.24) is 0 Å². The highest BCUT2D eigenvalue weighted by Gasteiger charge is 2.39. The van der Waals surface area contributed by atoms with Crippen LogP contribution in [0.1, 0.15) is 6.42 Å². The molecule has 2 N–H and O–H groups in total. The molecule has 0 saturated heterocycles. The second-order valence-electron chi connectivity index (χ2n) is 2.70. The van der Waals surface area contributed by atoms with E-state index < -0.39 is 24.0 Å². The van der Waals surface area contributed by atoms with E-state index in [9.17, 15) is 14.0 Å². The number of aliphatic carboxylic acids is 2. The molecular weight excluding hydrogens is 179 g/mol. The second kappa shape index (κ2) is 3.01. The van der Waals surface area contributed by atoms with Gasteiger partial charge < -0.3 is 10.2 Å². The highest BCUT2D eigenvalue weighted by molar-refractivity contribution is 5.91. The van der Waals surface area contributed by atoms with Crippen LogP contribution in [0.25, 0.3) is 0 Å². The van der Waals surface area contributed by atoms with Gasteiger partial charge in [0.05, 0.1) is 0 Å². The van der Waals surface area contributed by atoms with E-state index in [2.05, 4.69) is 0 Å².